The molecule has 0 spiro atoms. The molecule has 104 valence electrons. The van der Waals surface area contributed by atoms with E-state index in [9.17, 15) is 8.42 Å². The van der Waals surface area contributed by atoms with Crippen molar-refractivity contribution in [1.29, 1.82) is 0 Å². The minimum atomic E-state index is -3.62. The number of hydrogen-bond acceptors (Lipinski definition) is 4. The number of rotatable bonds is 4. The summed E-state index contributed by atoms with van der Waals surface area (Å²) in [6.07, 6.45) is 0. The summed E-state index contributed by atoms with van der Waals surface area (Å²) in [5.41, 5.74) is 0. The molecule has 1 aromatic rings. The second kappa shape index (κ2) is 5.50. The van der Waals surface area contributed by atoms with Crippen molar-refractivity contribution in [1.82, 2.24) is 4.31 Å². The molecule has 0 bridgehead atoms. The van der Waals surface area contributed by atoms with E-state index in [1.165, 1.54) is 4.31 Å². The Morgan fingerprint density at radius 3 is 2.79 bits per heavy atom. The summed E-state index contributed by atoms with van der Waals surface area (Å²) in [7, 11) is -3.62. The predicted octanol–water partition coefficient (Wildman–Crippen LogP) is 2.27. The van der Waals surface area contributed by atoms with Gasteiger partial charge in [0.15, 0.2) is 0 Å². The van der Waals surface area contributed by atoms with Gasteiger partial charge in [0.2, 0.25) is 0 Å². The van der Waals surface area contributed by atoms with Crippen LogP contribution in [0.2, 0.25) is 0 Å². The molecule has 0 fully saturated rings. The molecule has 0 aromatic heterocycles. The Hall–Kier alpha value is -1.08. The number of aliphatic imine (C=N–C) groups is 1. The van der Waals surface area contributed by atoms with Crippen LogP contribution in [0.4, 0.5) is 0 Å². The van der Waals surface area contributed by atoms with Crippen LogP contribution in [-0.4, -0.2) is 38.3 Å². The molecule has 0 saturated heterocycles. The summed E-state index contributed by atoms with van der Waals surface area (Å²) in [4.78, 5) is 4.29. The van der Waals surface area contributed by atoms with Gasteiger partial charge in [-0.15, -0.1) is 0 Å². The van der Waals surface area contributed by atoms with Gasteiger partial charge < -0.3 is 4.74 Å². The second-order valence-corrected chi connectivity index (χ2v) is 6.78. The lowest BCUT2D eigenvalue weighted by atomic mass is 10.3. The molecule has 0 unspecified atom stereocenters. The van der Waals surface area contributed by atoms with Crippen LogP contribution in [0.1, 0.15) is 13.8 Å². The summed E-state index contributed by atoms with van der Waals surface area (Å²) in [5, 5.41) is 0. The van der Waals surface area contributed by atoms with Crippen LogP contribution in [-0.2, 0) is 10.0 Å². The van der Waals surface area contributed by atoms with E-state index in [-0.39, 0.29) is 4.90 Å². The van der Waals surface area contributed by atoms with Crippen LogP contribution in [0.25, 0.3) is 0 Å². The largest absolute Gasteiger partial charge is 0.492 e. The lowest BCUT2D eigenvalue weighted by molar-refractivity contribution is 0.330. The minimum Gasteiger partial charge on any atom is -0.492 e. The number of halogens is 1. The smallest absolute Gasteiger partial charge is 0.269 e. The number of ether oxygens (including phenoxy) is 1. The molecule has 7 heteroatoms. The van der Waals surface area contributed by atoms with Gasteiger partial charge in [0.1, 0.15) is 16.5 Å². The van der Waals surface area contributed by atoms with E-state index in [0.29, 0.717) is 35.8 Å². The summed E-state index contributed by atoms with van der Waals surface area (Å²) < 4.78 is 32.7. The SMILES string of the molecule is CCOc1ccc(Br)cc1S(=O)(=O)N1CCN=C1C. The molecule has 0 saturated carbocycles. The average Bonchev–Trinajstić information content (AvgIpc) is 2.78. The van der Waals surface area contributed by atoms with E-state index >= 15 is 0 Å². The quantitative estimate of drug-likeness (QED) is 0.840. The Kier molecular flexibility index (Phi) is 4.15. The van der Waals surface area contributed by atoms with Crippen molar-refractivity contribution in [3.8, 4) is 5.75 Å². The van der Waals surface area contributed by atoms with Crippen molar-refractivity contribution in [2.24, 2.45) is 4.99 Å². The van der Waals surface area contributed by atoms with Gasteiger partial charge in [-0.05, 0) is 32.0 Å². The highest BCUT2D eigenvalue weighted by Crippen LogP contribution is 2.30. The molecular formula is C12H15BrN2O3S. The predicted molar refractivity (Wildman–Crippen MR) is 77.2 cm³/mol. The first-order chi connectivity index (χ1) is 8.96. The van der Waals surface area contributed by atoms with Gasteiger partial charge in [0.05, 0.1) is 19.7 Å². The number of benzene rings is 1. The number of hydrogen-bond donors (Lipinski definition) is 0. The molecule has 0 aliphatic carbocycles. The molecule has 19 heavy (non-hydrogen) atoms. The first-order valence-corrected chi connectivity index (χ1v) is 8.16. The van der Waals surface area contributed by atoms with Crippen LogP contribution in [0.15, 0.2) is 32.6 Å². The normalized spacial score (nSPS) is 15.5. The van der Waals surface area contributed by atoms with E-state index in [1.807, 2.05) is 6.92 Å². The molecule has 0 atom stereocenters. The maximum absolute atomic E-state index is 12.6. The van der Waals surface area contributed by atoms with Crippen molar-refractivity contribution in [3.63, 3.8) is 0 Å². The van der Waals surface area contributed by atoms with Gasteiger partial charge in [0, 0.05) is 4.47 Å². The molecular weight excluding hydrogens is 332 g/mol. The number of amidine groups is 1. The Morgan fingerprint density at radius 2 is 2.21 bits per heavy atom. The van der Waals surface area contributed by atoms with Crippen LogP contribution in [0.5, 0.6) is 5.75 Å². The molecule has 1 aliphatic rings. The summed E-state index contributed by atoms with van der Waals surface area (Å²) >= 11 is 3.29. The minimum absolute atomic E-state index is 0.167. The molecule has 0 amide bonds. The fourth-order valence-corrected chi connectivity index (χ4v) is 4.05. The topological polar surface area (TPSA) is 59.0 Å². The lowest BCUT2D eigenvalue weighted by Gasteiger charge is -2.20. The molecule has 1 aromatic carbocycles. The Bertz CT molecular complexity index is 613. The zero-order valence-corrected chi connectivity index (χ0v) is 13.2. The van der Waals surface area contributed by atoms with Crippen molar-refractivity contribution < 1.29 is 13.2 Å². The molecule has 2 rings (SSSR count). The maximum Gasteiger partial charge on any atom is 0.269 e. The fraction of sp³-hybridized carbons (Fsp3) is 0.417. The van der Waals surface area contributed by atoms with Gasteiger partial charge in [-0.3, -0.25) is 9.30 Å². The molecule has 1 heterocycles. The summed E-state index contributed by atoms with van der Waals surface area (Å²) in [6.45, 7) is 4.82. The zero-order valence-electron chi connectivity index (χ0n) is 10.8. The number of sulfonamides is 1. The van der Waals surface area contributed by atoms with E-state index in [0.717, 1.165) is 0 Å². The van der Waals surface area contributed by atoms with Gasteiger partial charge in [-0.1, -0.05) is 15.9 Å². The highest BCUT2D eigenvalue weighted by atomic mass is 79.9. The molecule has 0 N–H and O–H groups in total. The Labute approximate surface area is 121 Å². The van der Waals surface area contributed by atoms with Crippen LogP contribution in [0.3, 0.4) is 0 Å². The Morgan fingerprint density at radius 1 is 1.47 bits per heavy atom. The van der Waals surface area contributed by atoms with E-state index in [2.05, 4.69) is 20.9 Å². The van der Waals surface area contributed by atoms with Crippen LogP contribution >= 0.6 is 15.9 Å². The van der Waals surface area contributed by atoms with Crippen LogP contribution in [0, 0.1) is 0 Å². The number of nitrogens with zero attached hydrogens (tertiary/aromatic N) is 2. The monoisotopic (exact) mass is 346 g/mol. The lowest BCUT2D eigenvalue weighted by Crippen LogP contribution is -2.33. The van der Waals surface area contributed by atoms with Crippen molar-refractivity contribution in [2.45, 2.75) is 18.7 Å². The van der Waals surface area contributed by atoms with Gasteiger partial charge in [-0.2, -0.15) is 0 Å². The second-order valence-electron chi connectivity index (χ2n) is 4.03. The third-order valence-electron chi connectivity index (χ3n) is 2.78. The first kappa shape index (κ1) is 14.3. The first-order valence-electron chi connectivity index (χ1n) is 5.93. The fourth-order valence-electron chi connectivity index (χ4n) is 1.91. The summed E-state index contributed by atoms with van der Waals surface area (Å²) in [5.74, 6) is 0.882. The highest BCUT2D eigenvalue weighted by Gasteiger charge is 2.31. The van der Waals surface area contributed by atoms with Crippen molar-refractivity contribution in [2.75, 3.05) is 19.7 Å². The third kappa shape index (κ3) is 2.76. The zero-order chi connectivity index (χ0) is 14.0. The van der Waals surface area contributed by atoms with Crippen LogP contribution < -0.4 is 4.74 Å². The van der Waals surface area contributed by atoms with E-state index in [1.54, 1.807) is 25.1 Å². The standard InChI is InChI=1S/C12H15BrN2O3S/c1-3-18-11-5-4-10(13)8-12(11)19(16,17)15-7-6-14-9(15)2/h4-5,8H,3,6-7H2,1-2H3. The highest BCUT2D eigenvalue weighted by molar-refractivity contribution is 9.10. The maximum atomic E-state index is 12.6. The van der Waals surface area contributed by atoms with E-state index in [4.69, 9.17) is 4.74 Å². The van der Waals surface area contributed by atoms with Crippen molar-refractivity contribution >= 4 is 31.8 Å². The molecule has 0 radical (unpaired) electrons. The van der Waals surface area contributed by atoms with Gasteiger partial charge >= 0.3 is 0 Å². The average molecular weight is 347 g/mol. The Balaban J connectivity index is 2.50. The molecule has 5 nitrogen and oxygen atoms in total. The van der Waals surface area contributed by atoms with E-state index < -0.39 is 10.0 Å². The van der Waals surface area contributed by atoms with Gasteiger partial charge in [0.25, 0.3) is 10.0 Å². The molecule has 1 aliphatic heterocycles. The van der Waals surface area contributed by atoms with Crippen molar-refractivity contribution in [3.05, 3.63) is 22.7 Å². The van der Waals surface area contributed by atoms with Gasteiger partial charge in [-0.25, -0.2) is 8.42 Å². The summed E-state index contributed by atoms with van der Waals surface area (Å²) in [6, 6.07) is 4.98. The third-order valence-corrected chi connectivity index (χ3v) is 5.17.